The van der Waals surface area contributed by atoms with E-state index in [1.165, 1.54) is 0 Å². The van der Waals surface area contributed by atoms with Gasteiger partial charge < -0.3 is 14.5 Å². The summed E-state index contributed by atoms with van der Waals surface area (Å²) >= 11 is 1.59. The van der Waals surface area contributed by atoms with Gasteiger partial charge in [-0.3, -0.25) is 9.48 Å². The SMILES string of the molecule is CN1C[C@@]2(CCN(C(=O)c3cc(-c4cccs4)nn3C)C2)OC1=O. The van der Waals surface area contributed by atoms with Gasteiger partial charge >= 0.3 is 6.09 Å². The number of aromatic nitrogens is 2. The Bertz CT molecular complexity index is 800. The second-order valence-corrected chi connectivity index (χ2v) is 7.35. The molecule has 2 aromatic rings. The molecule has 2 amide bonds. The van der Waals surface area contributed by atoms with Crippen LogP contribution in [0.5, 0.6) is 0 Å². The highest BCUT2D eigenvalue weighted by molar-refractivity contribution is 7.13. The van der Waals surface area contributed by atoms with Crippen LogP contribution in [0.15, 0.2) is 23.6 Å². The van der Waals surface area contributed by atoms with Crippen LogP contribution in [0.2, 0.25) is 0 Å². The van der Waals surface area contributed by atoms with Crippen molar-refractivity contribution in [2.75, 3.05) is 26.7 Å². The van der Waals surface area contributed by atoms with E-state index in [-0.39, 0.29) is 12.0 Å². The number of carbonyl (C=O) groups excluding carboxylic acids is 2. The predicted octanol–water partition coefficient (Wildman–Crippen LogP) is 1.82. The number of thiophene rings is 1. The molecule has 2 aromatic heterocycles. The summed E-state index contributed by atoms with van der Waals surface area (Å²) in [7, 11) is 3.50. The summed E-state index contributed by atoms with van der Waals surface area (Å²) in [5.41, 5.74) is 0.793. The molecule has 0 N–H and O–H groups in total. The second kappa shape index (κ2) is 5.34. The fourth-order valence-corrected chi connectivity index (χ4v) is 4.08. The zero-order valence-electron chi connectivity index (χ0n) is 13.6. The third-order valence-electron chi connectivity index (χ3n) is 4.62. The molecule has 0 aliphatic carbocycles. The van der Waals surface area contributed by atoms with Gasteiger partial charge in [-0.2, -0.15) is 5.10 Å². The summed E-state index contributed by atoms with van der Waals surface area (Å²) in [6.45, 7) is 1.54. The van der Waals surface area contributed by atoms with E-state index in [1.54, 1.807) is 39.9 Å². The minimum atomic E-state index is -0.559. The number of rotatable bonds is 2. The molecule has 2 aliphatic heterocycles. The molecule has 1 spiro atoms. The van der Waals surface area contributed by atoms with Gasteiger partial charge in [0.05, 0.1) is 18.0 Å². The van der Waals surface area contributed by atoms with Gasteiger partial charge in [0.2, 0.25) is 0 Å². The van der Waals surface area contributed by atoms with Crippen LogP contribution in [-0.4, -0.2) is 63.9 Å². The van der Waals surface area contributed by atoms with Crippen molar-refractivity contribution >= 4 is 23.3 Å². The lowest BCUT2D eigenvalue weighted by atomic mass is 10.0. The molecule has 4 heterocycles. The lowest BCUT2D eigenvalue weighted by molar-refractivity contribution is 0.0548. The number of hydrogen-bond donors (Lipinski definition) is 0. The van der Waals surface area contributed by atoms with Crippen LogP contribution < -0.4 is 0 Å². The normalized spacial score (nSPS) is 23.3. The molecule has 126 valence electrons. The first-order valence-electron chi connectivity index (χ1n) is 7.79. The molecule has 2 saturated heterocycles. The highest BCUT2D eigenvalue weighted by Crippen LogP contribution is 2.33. The van der Waals surface area contributed by atoms with Crippen molar-refractivity contribution in [2.24, 2.45) is 7.05 Å². The fraction of sp³-hybridized carbons (Fsp3) is 0.438. The highest BCUT2D eigenvalue weighted by atomic mass is 32.1. The number of aryl methyl sites for hydroxylation is 1. The Morgan fingerprint density at radius 3 is 2.88 bits per heavy atom. The minimum absolute atomic E-state index is 0.0738. The maximum Gasteiger partial charge on any atom is 0.410 e. The second-order valence-electron chi connectivity index (χ2n) is 6.40. The van der Waals surface area contributed by atoms with Crippen LogP contribution in [0.4, 0.5) is 4.79 Å². The molecule has 0 radical (unpaired) electrons. The Kier molecular flexibility index (Phi) is 3.38. The summed E-state index contributed by atoms with van der Waals surface area (Å²) in [5, 5.41) is 6.43. The van der Waals surface area contributed by atoms with Crippen LogP contribution in [0.25, 0.3) is 10.6 Å². The van der Waals surface area contributed by atoms with E-state index in [2.05, 4.69) is 5.10 Å². The summed E-state index contributed by atoms with van der Waals surface area (Å²) in [6, 6.07) is 5.78. The van der Waals surface area contributed by atoms with E-state index in [0.29, 0.717) is 31.7 Å². The Balaban J connectivity index is 1.54. The van der Waals surface area contributed by atoms with E-state index in [0.717, 1.165) is 10.6 Å². The van der Waals surface area contributed by atoms with Crippen molar-refractivity contribution in [1.82, 2.24) is 19.6 Å². The van der Waals surface area contributed by atoms with E-state index < -0.39 is 5.60 Å². The minimum Gasteiger partial charge on any atom is -0.439 e. The number of likely N-dealkylation sites (N-methyl/N-ethyl adjacent to an activating group) is 1. The van der Waals surface area contributed by atoms with Gasteiger partial charge in [-0.1, -0.05) is 6.07 Å². The van der Waals surface area contributed by atoms with Gasteiger partial charge in [0, 0.05) is 27.1 Å². The van der Waals surface area contributed by atoms with Gasteiger partial charge in [0.25, 0.3) is 5.91 Å². The zero-order chi connectivity index (χ0) is 16.9. The first kappa shape index (κ1) is 15.2. The van der Waals surface area contributed by atoms with Gasteiger partial charge in [0.1, 0.15) is 11.4 Å². The van der Waals surface area contributed by atoms with E-state index in [1.807, 2.05) is 23.6 Å². The molecule has 1 atom stereocenters. The maximum atomic E-state index is 12.9. The molecule has 7 nitrogen and oxygen atoms in total. The summed E-state index contributed by atoms with van der Waals surface area (Å²) < 4.78 is 7.13. The van der Waals surface area contributed by atoms with Crippen molar-refractivity contribution in [3.63, 3.8) is 0 Å². The van der Waals surface area contributed by atoms with E-state index >= 15 is 0 Å². The molecule has 4 rings (SSSR count). The average molecular weight is 346 g/mol. The molecule has 8 heteroatoms. The van der Waals surface area contributed by atoms with Crippen LogP contribution in [0.1, 0.15) is 16.9 Å². The summed E-state index contributed by atoms with van der Waals surface area (Å²) in [6.07, 6.45) is 0.356. The number of likely N-dealkylation sites (tertiary alicyclic amines) is 1. The number of amides is 2. The number of nitrogens with zero attached hydrogens (tertiary/aromatic N) is 4. The van der Waals surface area contributed by atoms with Crippen LogP contribution in [-0.2, 0) is 11.8 Å². The van der Waals surface area contributed by atoms with Gasteiger partial charge in [-0.25, -0.2) is 4.79 Å². The number of hydrogen-bond acceptors (Lipinski definition) is 5. The van der Waals surface area contributed by atoms with E-state index in [9.17, 15) is 9.59 Å². The molecule has 2 aliphatic rings. The highest BCUT2D eigenvalue weighted by Gasteiger charge is 2.49. The molecule has 2 fully saturated rings. The Labute approximate surface area is 143 Å². The lowest BCUT2D eigenvalue weighted by Crippen LogP contribution is -2.39. The monoisotopic (exact) mass is 346 g/mol. The zero-order valence-corrected chi connectivity index (χ0v) is 14.4. The quantitative estimate of drug-likeness (QED) is 0.832. The Hall–Kier alpha value is -2.35. The van der Waals surface area contributed by atoms with E-state index in [4.69, 9.17) is 4.74 Å². The summed E-state index contributed by atoms with van der Waals surface area (Å²) in [4.78, 5) is 28.9. The van der Waals surface area contributed by atoms with Crippen molar-refractivity contribution in [2.45, 2.75) is 12.0 Å². The third-order valence-corrected chi connectivity index (χ3v) is 5.51. The van der Waals surface area contributed by atoms with Gasteiger partial charge in [-0.15, -0.1) is 11.3 Å². The Morgan fingerprint density at radius 1 is 1.38 bits per heavy atom. The lowest BCUT2D eigenvalue weighted by Gasteiger charge is -2.21. The average Bonchev–Trinajstić information content (AvgIpc) is 3.28. The van der Waals surface area contributed by atoms with Crippen LogP contribution in [0, 0.1) is 0 Å². The number of carbonyl (C=O) groups is 2. The molecule has 0 bridgehead atoms. The molecule has 24 heavy (non-hydrogen) atoms. The third kappa shape index (κ3) is 2.37. The molecule has 0 aromatic carbocycles. The topological polar surface area (TPSA) is 67.7 Å². The molecular weight excluding hydrogens is 328 g/mol. The molecule has 0 unspecified atom stereocenters. The van der Waals surface area contributed by atoms with Crippen molar-refractivity contribution in [1.29, 1.82) is 0 Å². The smallest absolute Gasteiger partial charge is 0.410 e. The van der Waals surface area contributed by atoms with Crippen LogP contribution in [0.3, 0.4) is 0 Å². The maximum absolute atomic E-state index is 12.9. The van der Waals surface area contributed by atoms with Crippen LogP contribution >= 0.6 is 11.3 Å². The molecule has 0 saturated carbocycles. The Morgan fingerprint density at radius 2 is 2.21 bits per heavy atom. The van der Waals surface area contributed by atoms with Gasteiger partial charge in [-0.05, 0) is 17.5 Å². The van der Waals surface area contributed by atoms with Crippen molar-refractivity contribution in [3.8, 4) is 10.6 Å². The molecular formula is C16H18N4O3S. The fourth-order valence-electron chi connectivity index (χ4n) is 3.40. The largest absolute Gasteiger partial charge is 0.439 e. The standard InChI is InChI=1S/C16H18N4O3S/c1-18-9-16(23-15(18)22)5-6-20(10-16)14(21)12-8-11(17-19(12)2)13-4-3-7-24-13/h3-4,7-8H,5-6,9-10H2,1-2H3/t16-/m1/s1. The van der Waals surface area contributed by atoms with Gasteiger partial charge in [0.15, 0.2) is 5.60 Å². The van der Waals surface area contributed by atoms with Crippen molar-refractivity contribution in [3.05, 3.63) is 29.3 Å². The first-order chi connectivity index (χ1) is 11.5. The predicted molar refractivity (Wildman–Crippen MR) is 88.9 cm³/mol. The number of ether oxygens (including phenoxy) is 1. The van der Waals surface area contributed by atoms with Crippen molar-refractivity contribution < 1.29 is 14.3 Å². The summed E-state index contributed by atoms with van der Waals surface area (Å²) in [5.74, 6) is -0.0738. The first-order valence-corrected chi connectivity index (χ1v) is 8.67.